The van der Waals surface area contributed by atoms with E-state index in [-0.39, 0.29) is 4.32 Å². The molecule has 1 atom stereocenters. The highest BCUT2D eigenvalue weighted by molar-refractivity contribution is 8.26. The van der Waals surface area contributed by atoms with Gasteiger partial charge in [-0.3, -0.25) is 9.69 Å². The van der Waals surface area contributed by atoms with E-state index in [1.165, 1.54) is 6.92 Å². The molecule has 0 radical (unpaired) electrons. The van der Waals surface area contributed by atoms with Gasteiger partial charge < -0.3 is 14.6 Å². The van der Waals surface area contributed by atoms with Gasteiger partial charge in [0.05, 0.1) is 18.6 Å². The number of benzene rings is 1. The molecule has 1 aliphatic rings. The van der Waals surface area contributed by atoms with Crippen LogP contribution in [0.15, 0.2) is 23.1 Å². The predicted molar refractivity (Wildman–Crippen MR) is 110 cm³/mol. The van der Waals surface area contributed by atoms with Crippen molar-refractivity contribution in [1.82, 2.24) is 4.90 Å². The van der Waals surface area contributed by atoms with Gasteiger partial charge in [0.1, 0.15) is 10.4 Å². The Morgan fingerprint density at radius 1 is 1.37 bits per heavy atom. The summed E-state index contributed by atoms with van der Waals surface area (Å²) in [7, 11) is 1.56. The number of thiocarbonyl (C=S) groups is 1. The van der Waals surface area contributed by atoms with E-state index in [4.69, 9.17) is 26.8 Å². The highest BCUT2D eigenvalue weighted by atomic mass is 32.2. The summed E-state index contributed by atoms with van der Waals surface area (Å²) < 4.78 is 11.4. The van der Waals surface area contributed by atoms with Gasteiger partial charge in [0, 0.05) is 0 Å². The molecule has 1 aromatic rings. The van der Waals surface area contributed by atoms with Crippen molar-refractivity contribution in [3.8, 4) is 11.5 Å². The number of amides is 1. The van der Waals surface area contributed by atoms with Gasteiger partial charge in [-0.1, -0.05) is 49.8 Å². The molecule has 1 aromatic carbocycles. The van der Waals surface area contributed by atoms with Crippen LogP contribution in [0.3, 0.4) is 0 Å². The van der Waals surface area contributed by atoms with Crippen LogP contribution in [0.1, 0.15) is 38.7 Å². The summed E-state index contributed by atoms with van der Waals surface area (Å²) in [5.41, 5.74) is 0.747. The van der Waals surface area contributed by atoms with Gasteiger partial charge in [0.15, 0.2) is 11.5 Å². The van der Waals surface area contributed by atoms with Gasteiger partial charge >= 0.3 is 5.97 Å². The number of hydrogen-bond acceptors (Lipinski definition) is 6. The number of ether oxygens (including phenoxy) is 2. The Labute approximate surface area is 168 Å². The number of carbonyl (C=O) groups is 2. The van der Waals surface area contributed by atoms with E-state index in [1.807, 2.05) is 6.07 Å². The van der Waals surface area contributed by atoms with Crippen molar-refractivity contribution in [2.45, 2.75) is 39.2 Å². The van der Waals surface area contributed by atoms with E-state index in [9.17, 15) is 9.59 Å². The number of carbonyl (C=O) groups excluding carboxylic acids is 1. The minimum atomic E-state index is -1.10. The molecule has 1 heterocycles. The smallest absolute Gasteiger partial charge is 0.326 e. The predicted octanol–water partition coefficient (Wildman–Crippen LogP) is 3.94. The Morgan fingerprint density at radius 2 is 2.11 bits per heavy atom. The number of unbranched alkanes of at least 4 members (excludes halogenated alkanes) is 2. The van der Waals surface area contributed by atoms with E-state index in [1.54, 1.807) is 25.3 Å². The Bertz CT molecular complexity index is 762. The van der Waals surface area contributed by atoms with Gasteiger partial charge in [-0.25, -0.2) is 4.79 Å². The van der Waals surface area contributed by atoms with Crippen molar-refractivity contribution in [1.29, 1.82) is 0 Å². The zero-order valence-electron chi connectivity index (χ0n) is 15.6. The van der Waals surface area contributed by atoms with Crippen molar-refractivity contribution in [2.24, 2.45) is 0 Å². The SMILES string of the molecule is CCCCCOc1ccc(/C=C2\SC(=S)N(C(C)C(=O)O)C2=O)cc1OC. The number of hydrogen-bond donors (Lipinski definition) is 1. The minimum absolute atomic E-state index is 0.240. The van der Waals surface area contributed by atoms with E-state index in [2.05, 4.69) is 6.92 Å². The van der Waals surface area contributed by atoms with Crippen molar-refractivity contribution >= 4 is 46.3 Å². The molecule has 6 nitrogen and oxygen atoms in total. The molecule has 1 N–H and O–H groups in total. The summed E-state index contributed by atoms with van der Waals surface area (Å²) >= 11 is 6.26. The maximum atomic E-state index is 12.5. The van der Waals surface area contributed by atoms with Gasteiger partial charge in [0.2, 0.25) is 0 Å². The number of carboxylic acid groups (broad SMARTS) is 1. The number of nitrogens with zero attached hydrogens (tertiary/aromatic N) is 1. The summed E-state index contributed by atoms with van der Waals surface area (Å²) in [5.74, 6) is -0.273. The van der Waals surface area contributed by atoms with Crippen molar-refractivity contribution in [3.63, 3.8) is 0 Å². The van der Waals surface area contributed by atoms with Gasteiger partial charge in [0.25, 0.3) is 5.91 Å². The lowest BCUT2D eigenvalue weighted by molar-refractivity contribution is -0.144. The van der Waals surface area contributed by atoms with Crippen LogP contribution in [0.2, 0.25) is 0 Å². The molecule has 27 heavy (non-hydrogen) atoms. The minimum Gasteiger partial charge on any atom is -0.493 e. The third kappa shape index (κ3) is 5.23. The first-order valence-corrected chi connectivity index (χ1v) is 9.92. The highest BCUT2D eigenvalue weighted by Gasteiger charge is 2.38. The van der Waals surface area contributed by atoms with E-state index >= 15 is 0 Å². The largest absolute Gasteiger partial charge is 0.493 e. The fourth-order valence-electron chi connectivity index (χ4n) is 2.50. The molecule has 0 saturated carbocycles. The van der Waals surface area contributed by atoms with Crippen LogP contribution in [0.25, 0.3) is 6.08 Å². The summed E-state index contributed by atoms with van der Waals surface area (Å²) in [6, 6.07) is 4.40. The average Bonchev–Trinajstić information content (AvgIpc) is 2.92. The zero-order chi connectivity index (χ0) is 20.0. The number of carboxylic acids is 1. The Kier molecular flexibility index (Phi) is 7.67. The number of aliphatic carboxylic acids is 1. The van der Waals surface area contributed by atoms with E-state index in [0.717, 1.165) is 41.5 Å². The Balaban J connectivity index is 2.17. The van der Waals surface area contributed by atoms with Crippen molar-refractivity contribution in [2.75, 3.05) is 13.7 Å². The number of rotatable bonds is 9. The monoisotopic (exact) mass is 409 g/mol. The molecule has 0 aromatic heterocycles. The Morgan fingerprint density at radius 3 is 2.74 bits per heavy atom. The fourth-order valence-corrected chi connectivity index (χ4v) is 3.92. The second-order valence-electron chi connectivity index (χ2n) is 6.03. The van der Waals surface area contributed by atoms with Crippen LogP contribution in [0.4, 0.5) is 0 Å². The quantitative estimate of drug-likeness (QED) is 0.376. The molecule has 1 aliphatic heterocycles. The zero-order valence-corrected chi connectivity index (χ0v) is 17.2. The average molecular weight is 410 g/mol. The van der Waals surface area contributed by atoms with Crippen LogP contribution >= 0.6 is 24.0 Å². The molecule has 1 fully saturated rings. The first kappa shape index (κ1) is 21.2. The topological polar surface area (TPSA) is 76.1 Å². The molecule has 8 heteroatoms. The molecule has 1 unspecified atom stereocenters. The lowest BCUT2D eigenvalue weighted by atomic mass is 10.1. The molecule has 146 valence electrons. The molecular formula is C19H23NO5S2. The molecule has 0 spiro atoms. The highest BCUT2D eigenvalue weighted by Crippen LogP contribution is 2.35. The molecule has 0 aliphatic carbocycles. The van der Waals surface area contributed by atoms with Crippen molar-refractivity contribution < 1.29 is 24.2 Å². The molecule has 0 bridgehead atoms. The molecule has 2 rings (SSSR count). The van der Waals surface area contributed by atoms with Crippen LogP contribution in [0, 0.1) is 0 Å². The van der Waals surface area contributed by atoms with Crippen LogP contribution < -0.4 is 9.47 Å². The third-order valence-electron chi connectivity index (χ3n) is 4.06. The maximum Gasteiger partial charge on any atom is 0.326 e. The first-order chi connectivity index (χ1) is 12.9. The summed E-state index contributed by atoms with van der Waals surface area (Å²) in [4.78, 5) is 25.2. The summed E-state index contributed by atoms with van der Waals surface area (Å²) in [5, 5.41) is 9.14. The number of thioether (sulfide) groups is 1. The van der Waals surface area contributed by atoms with Crippen LogP contribution in [0.5, 0.6) is 11.5 Å². The van der Waals surface area contributed by atoms with E-state index < -0.39 is 17.9 Å². The van der Waals surface area contributed by atoms with Crippen LogP contribution in [-0.4, -0.2) is 46.0 Å². The molecule has 1 saturated heterocycles. The number of methoxy groups -OCH3 is 1. The summed E-state index contributed by atoms with van der Waals surface area (Å²) in [6.07, 6.45) is 4.89. The fraction of sp³-hybridized carbons (Fsp3) is 0.421. The Hall–Kier alpha value is -2.06. The maximum absolute atomic E-state index is 12.5. The molecular weight excluding hydrogens is 386 g/mol. The van der Waals surface area contributed by atoms with Gasteiger partial charge in [-0.15, -0.1) is 0 Å². The van der Waals surface area contributed by atoms with Crippen molar-refractivity contribution in [3.05, 3.63) is 28.7 Å². The van der Waals surface area contributed by atoms with E-state index in [0.29, 0.717) is 23.0 Å². The lowest BCUT2D eigenvalue weighted by Gasteiger charge is -2.18. The third-order valence-corrected chi connectivity index (χ3v) is 5.39. The second-order valence-corrected chi connectivity index (χ2v) is 7.71. The van der Waals surface area contributed by atoms with Gasteiger partial charge in [-0.05, 0) is 37.1 Å². The first-order valence-electron chi connectivity index (χ1n) is 8.69. The second kappa shape index (κ2) is 9.75. The lowest BCUT2D eigenvalue weighted by Crippen LogP contribution is -2.41. The normalized spacial score (nSPS) is 16.7. The van der Waals surface area contributed by atoms with Crippen LogP contribution in [-0.2, 0) is 9.59 Å². The molecule has 1 amide bonds. The standard InChI is InChI=1S/C19H23NO5S2/c1-4-5-6-9-25-14-8-7-13(10-15(14)24-3)11-16-17(21)20(19(26)27-16)12(2)18(22)23/h7-8,10-12H,4-6,9H2,1-3H3,(H,22,23)/b16-11-. The summed E-state index contributed by atoms with van der Waals surface area (Å²) in [6.45, 7) is 4.19. The van der Waals surface area contributed by atoms with Gasteiger partial charge in [-0.2, -0.15) is 0 Å².